The van der Waals surface area contributed by atoms with Crippen LogP contribution in [0.4, 0.5) is 0 Å². The van der Waals surface area contributed by atoms with Crippen molar-refractivity contribution in [3.8, 4) is 0 Å². The smallest absolute Gasteiger partial charge is 0.248 e. The fourth-order valence-electron chi connectivity index (χ4n) is 5.59. The third-order valence-corrected chi connectivity index (χ3v) is 8.30. The summed E-state index contributed by atoms with van der Waals surface area (Å²) in [5.74, 6) is -0.305. The summed E-state index contributed by atoms with van der Waals surface area (Å²) in [4.78, 5) is 28.7. The Morgan fingerprint density at radius 1 is 1.15 bits per heavy atom. The highest BCUT2D eigenvalue weighted by Gasteiger charge is 2.41. The molecular weight excluding hydrogens is 438 g/mol. The Labute approximate surface area is 198 Å². The molecule has 2 atom stereocenters. The van der Waals surface area contributed by atoms with Gasteiger partial charge in [0.15, 0.2) is 9.84 Å². The van der Waals surface area contributed by atoms with Crippen LogP contribution in [0.3, 0.4) is 0 Å². The number of fused-ring (bicyclic) bond motifs is 2. The molecule has 0 spiro atoms. The standard InChI is InChI=1S/C25H39N3O4S/c1-4-18(5-2)16-27(24(29)17-33(3,31)32)11-12-28-22-9-10-23(28)15-21(14-22)19-7-6-8-20(13-19)25(26)30/h6-8,13,18,21-23H,4-5,9-12,14-17H2,1-3H3,(H2,26,30)/t22-,23-/m1/s1. The van der Waals surface area contributed by atoms with Crippen LogP contribution in [0.15, 0.2) is 24.3 Å². The molecule has 2 heterocycles. The molecule has 2 N–H and O–H groups in total. The molecule has 184 valence electrons. The lowest BCUT2D eigenvalue weighted by molar-refractivity contribution is -0.129. The normalized spacial score (nSPS) is 23.1. The molecule has 1 aromatic carbocycles. The number of nitrogens with zero attached hydrogens (tertiary/aromatic N) is 2. The molecule has 0 aromatic heterocycles. The number of piperidine rings is 1. The van der Waals surface area contributed by atoms with Crippen LogP contribution < -0.4 is 5.73 Å². The zero-order chi connectivity index (χ0) is 24.2. The van der Waals surface area contributed by atoms with Crippen molar-refractivity contribution < 1.29 is 18.0 Å². The molecule has 0 radical (unpaired) electrons. The van der Waals surface area contributed by atoms with Gasteiger partial charge in [0.25, 0.3) is 0 Å². The van der Waals surface area contributed by atoms with Gasteiger partial charge in [-0.05, 0) is 55.2 Å². The Bertz CT molecular complexity index is 931. The van der Waals surface area contributed by atoms with Crippen molar-refractivity contribution in [3.05, 3.63) is 35.4 Å². The van der Waals surface area contributed by atoms with Crippen molar-refractivity contribution in [1.82, 2.24) is 9.80 Å². The highest BCUT2D eigenvalue weighted by atomic mass is 32.2. The molecule has 2 saturated heterocycles. The second-order valence-electron chi connectivity index (χ2n) is 9.87. The summed E-state index contributed by atoms with van der Waals surface area (Å²) in [7, 11) is -3.36. The summed E-state index contributed by atoms with van der Waals surface area (Å²) in [5.41, 5.74) is 7.21. The third-order valence-electron chi connectivity index (χ3n) is 7.53. The van der Waals surface area contributed by atoms with Crippen molar-refractivity contribution in [2.45, 2.75) is 70.4 Å². The number of primary amides is 1. The minimum atomic E-state index is -3.36. The minimum absolute atomic E-state index is 0.283. The lowest BCUT2D eigenvalue weighted by atomic mass is 9.84. The van der Waals surface area contributed by atoms with E-state index >= 15 is 0 Å². The number of nitrogens with two attached hydrogens (primary N) is 1. The maximum absolute atomic E-state index is 12.8. The van der Waals surface area contributed by atoms with E-state index in [2.05, 4.69) is 24.8 Å². The zero-order valence-corrected chi connectivity index (χ0v) is 21.0. The fraction of sp³-hybridized carbons (Fsp3) is 0.680. The predicted octanol–water partition coefficient (Wildman–Crippen LogP) is 2.81. The van der Waals surface area contributed by atoms with E-state index in [1.165, 1.54) is 5.56 Å². The number of benzene rings is 1. The second-order valence-corrected chi connectivity index (χ2v) is 12.0. The molecule has 2 bridgehead atoms. The molecule has 8 heteroatoms. The van der Waals surface area contributed by atoms with E-state index in [0.717, 1.165) is 51.3 Å². The first kappa shape index (κ1) is 25.7. The molecule has 3 rings (SSSR count). The van der Waals surface area contributed by atoms with Gasteiger partial charge < -0.3 is 10.6 Å². The molecule has 0 aliphatic carbocycles. The first-order valence-electron chi connectivity index (χ1n) is 12.2. The first-order valence-corrected chi connectivity index (χ1v) is 14.3. The van der Waals surface area contributed by atoms with Gasteiger partial charge in [-0.3, -0.25) is 14.5 Å². The van der Waals surface area contributed by atoms with Crippen LogP contribution in [0.5, 0.6) is 0 Å². The quantitative estimate of drug-likeness (QED) is 0.528. The maximum atomic E-state index is 12.8. The van der Waals surface area contributed by atoms with E-state index in [1.807, 2.05) is 12.1 Å². The SMILES string of the molecule is CCC(CC)CN(CCN1[C@@H]2CC[C@@H]1CC(c1cccc(C(N)=O)c1)C2)C(=O)CS(C)(=O)=O. The van der Waals surface area contributed by atoms with Crippen molar-refractivity contribution >= 4 is 21.7 Å². The summed E-state index contributed by atoms with van der Waals surface area (Å²) in [6.07, 6.45) is 7.41. The summed E-state index contributed by atoms with van der Waals surface area (Å²) in [6.45, 7) is 6.20. The average molecular weight is 478 g/mol. The van der Waals surface area contributed by atoms with Crippen LogP contribution in [0.25, 0.3) is 0 Å². The first-order chi connectivity index (χ1) is 15.6. The fourth-order valence-corrected chi connectivity index (χ4v) is 6.22. The Morgan fingerprint density at radius 3 is 2.33 bits per heavy atom. The number of hydrogen-bond donors (Lipinski definition) is 1. The van der Waals surface area contributed by atoms with Crippen LogP contribution in [-0.2, 0) is 14.6 Å². The molecule has 2 amide bonds. The zero-order valence-electron chi connectivity index (χ0n) is 20.2. The lowest BCUT2D eigenvalue weighted by Crippen LogP contribution is -2.48. The molecule has 1 aromatic rings. The Kier molecular flexibility index (Phi) is 8.56. The summed E-state index contributed by atoms with van der Waals surface area (Å²) >= 11 is 0. The van der Waals surface area contributed by atoms with Gasteiger partial charge in [-0.25, -0.2) is 8.42 Å². The third kappa shape index (κ3) is 6.79. The topological polar surface area (TPSA) is 101 Å². The lowest BCUT2D eigenvalue weighted by Gasteiger charge is -2.40. The van der Waals surface area contributed by atoms with Gasteiger partial charge in [-0.1, -0.05) is 38.8 Å². The van der Waals surface area contributed by atoms with Gasteiger partial charge in [-0.15, -0.1) is 0 Å². The molecule has 33 heavy (non-hydrogen) atoms. The highest BCUT2D eigenvalue weighted by molar-refractivity contribution is 7.91. The van der Waals surface area contributed by atoms with E-state index in [0.29, 0.717) is 42.6 Å². The Morgan fingerprint density at radius 2 is 1.79 bits per heavy atom. The minimum Gasteiger partial charge on any atom is -0.366 e. The van der Waals surface area contributed by atoms with E-state index in [-0.39, 0.29) is 5.91 Å². The number of rotatable bonds is 11. The Balaban J connectivity index is 1.66. The van der Waals surface area contributed by atoms with Gasteiger partial charge in [0.1, 0.15) is 5.75 Å². The predicted molar refractivity (Wildman–Crippen MR) is 131 cm³/mol. The highest BCUT2D eigenvalue weighted by Crippen LogP contribution is 2.43. The molecule has 2 aliphatic rings. The van der Waals surface area contributed by atoms with Crippen LogP contribution in [0, 0.1) is 5.92 Å². The molecule has 2 fully saturated rings. The van der Waals surface area contributed by atoms with Gasteiger partial charge in [0.05, 0.1) is 0 Å². The van der Waals surface area contributed by atoms with E-state index < -0.39 is 21.5 Å². The molecule has 2 aliphatic heterocycles. The number of amides is 2. The number of sulfone groups is 1. The van der Waals surface area contributed by atoms with Crippen LogP contribution in [0.2, 0.25) is 0 Å². The molecule has 7 nitrogen and oxygen atoms in total. The monoisotopic (exact) mass is 477 g/mol. The maximum Gasteiger partial charge on any atom is 0.248 e. The van der Waals surface area contributed by atoms with Gasteiger partial charge in [-0.2, -0.15) is 0 Å². The van der Waals surface area contributed by atoms with Gasteiger partial charge in [0, 0.05) is 43.5 Å². The summed E-state index contributed by atoms with van der Waals surface area (Å²) < 4.78 is 23.5. The average Bonchev–Trinajstić information content (AvgIpc) is 2.99. The number of carbonyl (C=O) groups excluding carboxylic acids is 2. The summed E-state index contributed by atoms with van der Waals surface area (Å²) in [6, 6.07) is 8.60. The van der Waals surface area contributed by atoms with Crippen LogP contribution in [0.1, 0.15) is 74.2 Å². The molecule has 0 saturated carbocycles. The number of hydrogen-bond acceptors (Lipinski definition) is 5. The van der Waals surface area contributed by atoms with Crippen molar-refractivity contribution in [3.63, 3.8) is 0 Å². The molecule has 0 unspecified atom stereocenters. The molecular formula is C25H39N3O4S. The van der Waals surface area contributed by atoms with Crippen LogP contribution in [-0.4, -0.2) is 73.8 Å². The summed E-state index contributed by atoms with van der Waals surface area (Å²) in [5, 5.41) is 0. The van der Waals surface area contributed by atoms with Crippen LogP contribution >= 0.6 is 0 Å². The van der Waals surface area contributed by atoms with E-state index in [9.17, 15) is 18.0 Å². The van der Waals surface area contributed by atoms with Crippen molar-refractivity contribution in [2.75, 3.05) is 31.6 Å². The van der Waals surface area contributed by atoms with Gasteiger partial charge in [0.2, 0.25) is 11.8 Å². The van der Waals surface area contributed by atoms with E-state index in [4.69, 9.17) is 5.73 Å². The van der Waals surface area contributed by atoms with Crippen molar-refractivity contribution in [1.29, 1.82) is 0 Å². The second kappa shape index (κ2) is 11.0. The largest absolute Gasteiger partial charge is 0.366 e. The number of carbonyl (C=O) groups is 2. The van der Waals surface area contributed by atoms with E-state index in [1.54, 1.807) is 11.0 Å². The Hall–Kier alpha value is -1.93. The van der Waals surface area contributed by atoms with Gasteiger partial charge >= 0.3 is 0 Å². The van der Waals surface area contributed by atoms with Crippen molar-refractivity contribution in [2.24, 2.45) is 11.7 Å².